The number of amides is 1. The van der Waals surface area contributed by atoms with E-state index < -0.39 is 5.91 Å². The maximum atomic E-state index is 11.3. The van der Waals surface area contributed by atoms with Crippen LogP contribution in [0.2, 0.25) is 0 Å². The van der Waals surface area contributed by atoms with Gasteiger partial charge in [0.1, 0.15) is 0 Å². The fraction of sp³-hybridized carbons (Fsp3) is 0.214. The lowest BCUT2D eigenvalue weighted by Crippen LogP contribution is -2.17. The first-order chi connectivity index (χ1) is 10.1. The van der Waals surface area contributed by atoms with E-state index in [0.717, 1.165) is 10.5 Å². The third-order valence-electron chi connectivity index (χ3n) is 3.08. The quantitative estimate of drug-likeness (QED) is 0.724. The second kappa shape index (κ2) is 5.71. The molecule has 1 aromatic heterocycles. The summed E-state index contributed by atoms with van der Waals surface area (Å²) in [6, 6.07) is 8.48. The van der Waals surface area contributed by atoms with Crippen molar-refractivity contribution in [3.05, 3.63) is 36.2 Å². The largest absolute Gasteiger partial charge is 0.382 e. The number of aromatic nitrogens is 2. The number of nitrogens with one attached hydrogen (secondary N) is 1. The number of nitrogens with two attached hydrogens (primary N) is 2. The molecule has 0 bridgehead atoms. The predicted octanol–water partition coefficient (Wildman–Crippen LogP) is 1.58. The SMILES string of the molecule is NC(=O)c1nc(-c2cccc(SNC3CC3)c2)cnc1N. The second-order valence-corrected chi connectivity index (χ2v) is 5.79. The van der Waals surface area contributed by atoms with Gasteiger partial charge in [0, 0.05) is 16.5 Å². The average molecular weight is 301 g/mol. The van der Waals surface area contributed by atoms with Crippen molar-refractivity contribution in [1.29, 1.82) is 0 Å². The average Bonchev–Trinajstić information content (AvgIpc) is 3.30. The van der Waals surface area contributed by atoms with E-state index in [2.05, 4.69) is 14.7 Å². The van der Waals surface area contributed by atoms with Crippen molar-refractivity contribution in [2.24, 2.45) is 5.73 Å². The van der Waals surface area contributed by atoms with Crippen LogP contribution in [0, 0.1) is 0 Å². The van der Waals surface area contributed by atoms with Crippen molar-refractivity contribution in [2.45, 2.75) is 23.8 Å². The molecule has 3 rings (SSSR count). The van der Waals surface area contributed by atoms with E-state index in [1.807, 2.05) is 24.3 Å². The Morgan fingerprint density at radius 2 is 2.19 bits per heavy atom. The summed E-state index contributed by atoms with van der Waals surface area (Å²) >= 11 is 1.60. The smallest absolute Gasteiger partial charge is 0.271 e. The minimum Gasteiger partial charge on any atom is -0.382 e. The summed E-state index contributed by atoms with van der Waals surface area (Å²) in [5, 5.41) is 0. The van der Waals surface area contributed by atoms with Crippen LogP contribution < -0.4 is 16.2 Å². The molecule has 0 spiro atoms. The Morgan fingerprint density at radius 3 is 2.90 bits per heavy atom. The van der Waals surface area contributed by atoms with Crippen LogP contribution in [0.4, 0.5) is 5.82 Å². The van der Waals surface area contributed by atoms with Crippen LogP contribution in [0.15, 0.2) is 35.4 Å². The molecule has 0 radical (unpaired) electrons. The normalized spacial score (nSPS) is 14.1. The van der Waals surface area contributed by atoms with Crippen molar-refractivity contribution >= 4 is 23.7 Å². The van der Waals surface area contributed by atoms with E-state index in [9.17, 15) is 4.79 Å². The van der Waals surface area contributed by atoms with E-state index in [0.29, 0.717) is 11.7 Å². The molecule has 1 aliphatic rings. The van der Waals surface area contributed by atoms with Crippen molar-refractivity contribution < 1.29 is 4.79 Å². The molecule has 0 unspecified atom stereocenters. The first kappa shape index (κ1) is 13.8. The van der Waals surface area contributed by atoms with Gasteiger partial charge in [0.25, 0.3) is 5.91 Å². The lowest BCUT2D eigenvalue weighted by Gasteiger charge is -2.07. The monoisotopic (exact) mass is 301 g/mol. The van der Waals surface area contributed by atoms with Gasteiger partial charge in [0.2, 0.25) is 0 Å². The van der Waals surface area contributed by atoms with Gasteiger partial charge in [0.05, 0.1) is 11.9 Å². The molecule has 0 saturated heterocycles. The summed E-state index contributed by atoms with van der Waals surface area (Å²) in [4.78, 5) is 20.5. The van der Waals surface area contributed by atoms with E-state index in [4.69, 9.17) is 11.5 Å². The predicted molar refractivity (Wildman–Crippen MR) is 82.4 cm³/mol. The van der Waals surface area contributed by atoms with Crippen LogP contribution in [0.3, 0.4) is 0 Å². The van der Waals surface area contributed by atoms with Crippen molar-refractivity contribution in [3.63, 3.8) is 0 Å². The van der Waals surface area contributed by atoms with Gasteiger partial charge in [-0.1, -0.05) is 12.1 Å². The first-order valence-corrected chi connectivity index (χ1v) is 7.40. The highest BCUT2D eigenvalue weighted by molar-refractivity contribution is 7.97. The van der Waals surface area contributed by atoms with Crippen LogP contribution in [0.25, 0.3) is 11.3 Å². The third-order valence-corrected chi connectivity index (χ3v) is 4.03. The molecule has 1 aromatic carbocycles. The van der Waals surface area contributed by atoms with Crippen LogP contribution in [-0.2, 0) is 0 Å². The molecule has 1 aliphatic carbocycles. The van der Waals surface area contributed by atoms with Gasteiger partial charge in [-0.2, -0.15) is 0 Å². The number of benzene rings is 1. The Labute approximate surface area is 126 Å². The summed E-state index contributed by atoms with van der Waals surface area (Å²) in [6.45, 7) is 0. The highest BCUT2D eigenvalue weighted by atomic mass is 32.2. The Morgan fingerprint density at radius 1 is 1.38 bits per heavy atom. The number of nitrogens with zero attached hydrogens (tertiary/aromatic N) is 2. The number of nitrogen functional groups attached to an aromatic ring is 1. The minimum atomic E-state index is -0.678. The molecule has 6 nitrogen and oxygen atoms in total. The molecular weight excluding hydrogens is 286 g/mol. The highest BCUT2D eigenvalue weighted by Crippen LogP contribution is 2.27. The van der Waals surface area contributed by atoms with Gasteiger partial charge in [-0.15, -0.1) is 0 Å². The van der Waals surface area contributed by atoms with Gasteiger partial charge < -0.3 is 11.5 Å². The maximum Gasteiger partial charge on any atom is 0.271 e. The number of carbonyl (C=O) groups is 1. The topological polar surface area (TPSA) is 107 Å². The highest BCUT2D eigenvalue weighted by Gasteiger charge is 2.20. The number of hydrogen-bond donors (Lipinski definition) is 3. The summed E-state index contributed by atoms with van der Waals surface area (Å²) in [5.74, 6) is -0.630. The molecule has 2 aromatic rings. The van der Waals surface area contributed by atoms with Gasteiger partial charge in [-0.25, -0.2) is 9.97 Å². The number of hydrogen-bond acceptors (Lipinski definition) is 6. The zero-order valence-corrected chi connectivity index (χ0v) is 12.1. The summed E-state index contributed by atoms with van der Waals surface area (Å²) in [7, 11) is 0. The Bertz CT molecular complexity index is 687. The fourth-order valence-corrected chi connectivity index (χ4v) is 2.66. The maximum absolute atomic E-state index is 11.3. The zero-order valence-electron chi connectivity index (χ0n) is 11.2. The summed E-state index contributed by atoms with van der Waals surface area (Å²) < 4.78 is 3.38. The van der Waals surface area contributed by atoms with Crippen LogP contribution in [-0.4, -0.2) is 21.9 Å². The molecule has 1 fully saturated rings. The fourth-order valence-electron chi connectivity index (χ4n) is 1.79. The molecule has 1 saturated carbocycles. The number of primary amides is 1. The van der Waals surface area contributed by atoms with E-state index in [1.165, 1.54) is 12.8 Å². The molecule has 7 heteroatoms. The molecule has 108 valence electrons. The molecule has 1 heterocycles. The number of rotatable bonds is 5. The summed E-state index contributed by atoms with van der Waals surface area (Å²) in [6.07, 6.45) is 4.01. The summed E-state index contributed by atoms with van der Waals surface area (Å²) in [5.41, 5.74) is 12.3. The lowest BCUT2D eigenvalue weighted by atomic mass is 10.1. The molecular formula is C14H15N5OS. The van der Waals surface area contributed by atoms with Gasteiger partial charge in [0.15, 0.2) is 11.5 Å². The first-order valence-electron chi connectivity index (χ1n) is 6.58. The van der Waals surface area contributed by atoms with Gasteiger partial charge >= 0.3 is 0 Å². The van der Waals surface area contributed by atoms with Crippen LogP contribution in [0.1, 0.15) is 23.3 Å². The van der Waals surface area contributed by atoms with Crippen molar-refractivity contribution in [3.8, 4) is 11.3 Å². The van der Waals surface area contributed by atoms with Crippen molar-refractivity contribution in [1.82, 2.24) is 14.7 Å². The molecule has 1 amide bonds. The lowest BCUT2D eigenvalue weighted by molar-refractivity contribution is 0.0996. The zero-order chi connectivity index (χ0) is 14.8. The van der Waals surface area contributed by atoms with E-state index in [-0.39, 0.29) is 11.5 Å². The molecule has 21 heavy (non-hydrogen) atoms. The van der Waals surface area contributed by atoms with Crippen LogP contribution in [0.5, 0.6) is 0 Å². The molecule has 5 N–H and O–H groups in total. The molecule has 0 atom stereocenters. The third kappa shape index (κ3) is 3.32. The second-order valence-electron chi connectivity index (χ2n) is 4.88. The molecule has 0 aliphatic heterocycles. The van der Waals surface area contributed by atoms with E-state index >= 15 is 0 Å². The Kier molecular flexibility index (Phi) is 3.76. The Balaban J connectivity index is 1.86. The Hall–Kier alpha value is -2.12. The van der Waals surface area contributed by atoms with Gasteiger partial charge in [-0.05, 0) is 36.9 Å². The number of carbonyl (C=O) groups excluding carboxylic acids is 1. The minimum absolute atomic E-state index is 0.00154. The van der Waals surface area contributed by atoms with E-state index in [1.54, 1.807) is 18.1 Å². The van der Waals surface area contributed by atoms with Crippen molar-refractivity contribution in [2.75, 3.05) is 5.73 Å². The standard InChI is InChI=1S/C14H15N5OS/c15-13-12(14(16)20)18-11(7-17-13)8-2-1-3-10(6-8)21-19-9-4-5-9/h1-3,6-7,9,19H,4-5H2,(H2,15,17)(H2,16,20). The van der Waals surface area contributed by atoms with Crippen LogP contribution >= 0.6 is 11.9 Å². The van der Waals surface area contributed by atoms with Gasteiger partial charge in [-0.3, -0.25) is 9.52 Å². The number of anilines is 1.